The number of benzene rings is 1. The first-order valence-corrected chi connectivity index (χ1v) is 7.04. The summed E-state index contributed by atoms with van der Waals surface area (Å²) in [6.45, 7) is 0.0900. The number of nitrogens with zero attached hydrogens (tertiary/aromatic N) is 1. The van der Waals surface area contributed by atoms with E-state index in [9.17, 15) is 8.42 Å². The molecular weight excluding hydrogens is 260 g/mol. The third kappa shape index (κ3) is 2.26. The third-order valence-corrected chi connectivity index (χ3v) is 4.58. The first kappa shape index (κ1) is 12.3. The van der Waals surface area contributed by atoms with E-state index in [2.05, 4.69) is 4.98 Å². The highest BCUT2D eigenvalue weighted by Crippen LogP contribution is 2.28. The summed E-state index contributed by atoms with van der Waals surface area (Å²) in [5, 5.41) is 1.72. The summed E-state index contributed by atoms with van der Waals surface area (Å²) < 4.78 is 24.0. The lowest BCUT2D eigenvalue weighted by Gasteiger charge is -2.07. The summed E-state index contributed by atoms with van der Waals surface area (Å²) in [5.41, 5.74) is 5.31. The van der Waals surface area contributed by atoms with Crippen LogP contribution in [0.3, 0.4) is 0 Å². The number of rotatable bonds is 3. The minimum absolute atomic E-state index is 0.0847. The van der Waals surface area contributed by atoms with Gasteiger partial charge in [0.2, 0.25) is 0 Å². The lowest BCUT2D eigenvalue weighted by atomic mass is 10.2. The molecule has 0 spiro atoms. The van der Waals surface area contributed by atoms with Crippen LogP contribution in [-0.2, 0) is 9.84 Å². The standard InChI is InChI=1S/C11H11ClN2O2S/c12-10-1-2-11(17(15,16)6-4-13)9-7-14-5-3-8(9)10/h1-3,5,7H,4,6,13H2. The molecule has 0 atom stereocenters. The minimum Gasteiger partial charge on any atom is -0.329 e. The zero-order chi connectivity index (χ0) is 12.5. The van der Waals surface area contributed by atoms with Gasteiger partial charge >= 0.3 is 0 Å². The second-order valence-electron chi connectivity index (χ2n) is 3.57. The van der Waals surface area contributed by atoms with Crippen molar-refractivity contribution in [1.82, 2.24) is 4.98 Å². The molecule has 0 saturated carbocycles. The quantitative estimate of drug-likeness (QED) is 0.920. The molecule has 0 unspecified atom stereocenters. The minimum atomic E-state index is -3.38. The Kier molecular flexibility index (Phi) is 3.33. The van der Waals surface area contributed by atoms with Crippen molar-refractivity contribution in [3.05, 3.63) is 35.6 Å². The number of aromatic nitrogens is 1. The summed E-state index contributed by atoms with van der Waals surface area (Å²) in [7, 11) is -3.38. The number of nitrogens with two attached hydrogens (primary N) is 1. The molecular formula is C11H11ClN2O2S. The van der Waals surface area contributed by atoms with Crippen LogP contribution in [0.5, 0.6) is 0 Å². The molecule has 17 heavy (non-hydrogen) atoms. The Hall–Kier alpha value is -1.17. The summed E-state index contributed by atoms with van der Waals surface area (Å²) in [6, 6.07) is 4.77. The monoisotopic (exact) mass is 270 g/mol. The van der Waals surface area contributed by atoms with Gasteiger partial charge in [0.25, 0.3) is 0 Å². The van der Waals surface area contributed by atoms with Crippen LogP contribution in [0.1, 0.15) is 0 Å². The summed E-state index contributed by atoms with van der Waals surface area (Å²) >= 11 is 6.01. The molecule has 90 valence electrons. The van der Waals surface area contributed by atoms with Gasteiger partial charge in [0.15, 0.2) is 9.84 Å². The molecule has 2 rings (SSSR count). The van der Waals surface area contributed by atoms with Crippen LogP contribution in [-0.4, -0.2) is 25.7 Å². The average Bonchev–Trinajstić information content (AvgIpc) is 2.29. The van der Waals surface area contributed by atoms with Crippen molar-refractivity contribution in [2.45, 2.75) is 4.90 Å². The smallest absolute Gasteiger partial charge is 0.180 e. The molecule has 0 amide bonds. The van der Waals surface area contributed by atoms with Gasteiger partial charge in [-0.25, -0.2) is 8.42 Å². The molecule has 0 saturated heterocycles. The van der Waals surface area contributed by atoms with Crippen LogP contribution in [0.4, 0.5) is 0 Å². The van der Waals surface area contributed by atoms with E-state index >= 15 is 0 Å². The maximum Gasteiger partial charge on any atom is 0.180 e. The van der Waals surface area contributed by atoms with E-state index in [0.29, 0.717) is 15.8 Å². The van der Waals surface area contributed by atoms with Gasteiger partial charge in [-0.1, -0.05) is 11.6 Å². The molecule has 0 fully saturated rings. The average molecular weight is 271 g/mol. The van der Waals surface area contributed by atoms with Crippen LogP contribution >= 0.6 is 11.6 Å². The maximum absolute atomic E-state index is 12.0. The van der Waals surface area contributed by atoms with E-state index in [4.69, 9.17) is 17.3 Å². The summed E-state index contributed by atoms with van der Waals surface area (Å²) in [6.07, 6.45) is 3.08. The van der Waals surface area contributed by atoms with E-state index in [1.807, 2.05) is 0 Å². The van der Waals surface area contributed by atoms with Crippen molar-refractivity contribution in [3.8, 4) is 0 Å². The van der Waals surface area contributed by atoms with Crippen molar-refractivity contribution in [2.24, 2.45) is 5.73 Å². The van der Waals surface area contributed by atoms with Crippen molar-refractivity contribution in [1.29, 1.82) is 0 Å². The SMILES string of the molecule is NCCS(=O)(=O)c1ccc(Cl)c2ccncc12. The molecule has 0 radical (unpaired) electrons. The molecule has 6 heteroatoms. The fraction of sp³-hybridized carbons (Fsp3) is 0.182. The molecule has 1 aromatic carbocycles. The number of halogens is 1. The topological polar surface area (TPSA) is 73.1 Å². The molecule has 0 aliphatic heterocycles. The molecule has 4 nitrogen and oxygen atoms in total. The fourth-order valence-electron chi connectivity index (χ4n) is 1.66. The van der Waals surface area contributed by atoms with Gasteiger partial charge in [-0.15, -0.1) is 0 Å². The van der Waals surface area contributed by atoms with Crippen LogP contribution in [0.25, 0.3) is 10.8 Å². The Morgan fingerprint density at radius 1 is 1.24 bits per heavy atom. The van der Waals surface area contributed by atoms with Crippen LogP contribution in [0, 0.1) is 0 Å². The lowest BCUT2D eigenvalue weighted by Crippen LogP contribution is -2.16. The van der Waals surface area contributed by atoms with Gasteiger partial charge in [-0.3, -0.25) is 4.98 Å². The van der Waals surface area contributed by atoms with Crippen LogP contribution < -0.4 is 5.73 Å². The van der Waals surface area contributed by atoms with E-state index in [1.165, 1.54) is 12.3 Å². The van der Waals surface area contributed by atoms with Crippen LogP contribution in [0.2, 0.25) is 5.02 Å². The Morgan fingerprint density at radius 3 is 2.71 bits per heavy atom. The normalized spacial score (nSPS) is 11.9. The van der Waals surface area contributed by atoms with E-state index in [1.54, 1.807) is 18.3 Å². The van der Waals surface area contributed by atoms with E-state index in [-0.39, 0.29) is 17.2 Å². The Morgan fingerprint density at radius 2 is 2.00 bits per heavy atom. The Balaban J connectivity index is 2.76. The van der Waals surface area contributed by atoms with E-state index in [0.717, 1.165) is 0 Å². The molecule has 0 aliphatic carbocycles. The maximum atomic E-state index is 12.0. The number of sulfone groups is 1. The molecule has 2 N–H and O–H groups in total. The number of fused-ring (bicyclic) bond motifs is 1. The zero-order valence-corrected chi connectivity index (χ0v) is 10.5. The van der Waals surface area contributed by atoms with Gasteiger partial charge < -0.3 is 5.73 Å². The van der Waals surface area contributed by atoms with Crippen molar-refractivity contribution in [2.75, 3.05) is 12.3 Å². The molecule has 1 aromatic heterocycles. The lowest BCUT2D eigenvalue weighted by molar-refractivity contribution is 0.596. The highest BCUT2D eigenvalue weighted by molar-refractivity contribution is 7.91. The number of hydrogen-bond acceptors (Lipinski definition) is 4. The third-order valence-electron chi connectivity index (χ3n) is 2.45. The highest BCUT2D eigenvalue weighted by Gasteiger charge is 2.17. The van der Waals surface area contributed by atoms with Crippen molar-refractivity contribution >= 4 is 32.2 Å². The van der Waals surface area contributed by atoms with Gasteiger partial charge in [0.05, 0.1) is 10.6 Å². The predicted molar refractivity (Wildman–Crippen MR) is 67.9 cm³/mol. The van der Waals surface area contributed by atoms with Gasteiger partial charge in [0, 0.05) is 34.7 Å². The summed E-state index contributed by atoms with van der Waals surface area (Å²) in [4.78, 5) is 4.17. The van der Waals surface area contributed by atoms with Crippen molar-refractivity contribution in [3.63, 3.8) is 0 Å². The molecule has 0 aliphatic rings. The number of hydrogen-bond donors (Lipinski definition) is 1. The second kappa shape index (κ2) is 4.60. The first-order valence-electron chi connectivity index (χ1n) is 5.01. The Labute approximate surface area is 104 Å². The zero-order valence-electron chi connectivity index (χ0n) is 8.93. The Bertz CT molecular complexity index is 656. The second-order valence-corrected chi connectivity index (χ2v) is 6.06. The van der Waals surface area contributed by atoms with Gasteiger partial charge in [-0.2, -0.15) is 0 Å². The van der Waals surface area contributed by atoms with E-state index < -0.39 is 9.84 Å². The molecule has 2 aromatic rings. The first-order chi connectivity index (χ1) is 8.06. The number of pyridine rings is 1. The fourth-order valence-corrected chi connectivity index (χ4v) is 3.19. The predicted octanol–water partition coefficient (Wildman–Crippen LogP) is 1.62. The summed E-state index contributed by atoms with van der Waals surface area (Å²) in [5.74, 6) is -0.0847. The van der Waals surface area contributed by atoms with Gasteiger partial charge in [0.1, 0.15) is 0 Å². The largest absolute Gasteiger partial charge is 0.329 e. The molecule has 1 heterocycles. The van der Waals surface area contributed by atoms with Crippen molar-refractivity contribution < 1.29 is 8.42 Å². The molecule has 0 bridgehead atoms. The van der Waals surface area contributed by atoms with Crippen LogP contribution in [0.15, 0.2) is 35.5 Å². The highest BCUT2D eigenvalue weighted by atomic mass is 35.5. The van der Waals surface area contributed by atoms with Gasteiger partial charge in [-0.05, 0) is 18.2 Å².